The number of aliphatic hydroxyl groups is 1. The number of nitrogens with one attached hydrogen (secondary N) is 1. The summed E-state index contributed by atoms with van der Waals surface area (Å²) >= 11 is 0. The first kappa shape index (κ1) is 18.1. The highest BCUT2D eigenvalue weighted by Crippen LogP contribution is 2.31. The van der Waals surface area contributed by atoms with Crippen LogP contribution in [0.15, 0.2) is 24.3 Å². The van der Waals surface area contributed by atoms with Crippen molar-refractivity contribution >= 4 is 11.7 Å². The van der Waals surface area contributed by atoms with Crippen molar-refractivity contribution in [1.29, 1.82) is 5.26 Å². The van der Waals surface area contributed by atoms with E-state index in [4.69, 9.17) is 5.26 Å². The van der Waals surface area contributed by atoms with Gasteiger partial charge in [0.05, 0.1) is 12.5 Å². The molecule has 130 valence electrons. The largest absolute Gasteiger partial charge is 0.414 e. The summed E-state index contributed by atoms with van der Waals surface area (Å²) in [5, 5.41) is 20.5. The fourth-order valence-electron chi connectivity index (χ4n) is 2.69. The molecule has 0 saturated carbocycles. The molecule has 0 spiro atoms. The van der Waals surface area contributed by atoms with Crippen molar-refractivity contribution in [3.63, 3.8) is 0 Å². The lowest BCUT2D eigenvalue weighted by molar-refractivity contribution is -0.222. The van der Waals surface area contributed by atoms with Crippen molar-refractivity contribution < 1.29 is 23.1 Å². The van der Waals surface area contributed by atoms with Gasteiger partial charge in [0.25, 0.3) is 0 Å². The fourth-order valence-corrected chi connectivity index (χ4v) is 2.69. The number of aliphatic hydroxyl groups excluding tert-OH is 1. The average molecular weight is 341 g/mol. The first-order valence-electron chi connectivity index (χ1n) is 7.58. The molecule has 1 aliphatic rings. The number of nitrogens with zero attached hydrogens (tertiary/aromatic N) is 2. The van der Waals surface area contributed by atoms with Gasteiger partial charge in [-0.25, -0.2) is 4.79 Å². The number of hydrogen-bond acceptors (Lipinski definition) is 3. The van der Waals surface area contributed by atoms with E-state index in [1.807, 2.05) is 6.07 Å². The molecule has 5 nitrogen and oxygen atoms in total. The van der Waals surface area contributed by atoms with Crippen LogP contribution in [-0.4, -0.2) is 41.4 Å². The Morgan fingerprint density at radius 1 is 1.33 bits per heavy atom. The summed E-state index contributed by atoms with van der Waals surface area (Å²) in [6.45, 7) is 0.326. The zero-order valence-electron chi connectivity index (χ0n) is 12.9. The van der Waals surface area contributed by atoms with Gasteiger partial charge in [0.1, 0.15) is 0 Å². The third-order valence-electron chi connectivity index (χ3n) is 4.10. The normalized spacial score (nSPS) is 17.2. The molecule has 2 amide bonds. The smallest absolute Gasteiger partial charge is 0.383 e. The molecule has 1 aromatic rings. The van der Waals surface area contributed by atoms with Crippen molar-refractivity contribution in [2.24, 2.45) is 5.92 Å². The lowest BCUT2D eigenvalue weighted by atomic mass is 9.91. The maximum absolute atomic E-state index is 12.5. The van der Waals surface area contributed by atoms with Crippen LogP contribution >= 0.6 is 0 Å². The maximum atomic E-state index is 12.5. The van der Waals surface area contributed by atoms with Crippen molar-refractivity contribution in [2.75, 3.05) is 18.4 Å². The molecule has 1 heterocycles. The van der Waals surface area contributed by atoms with E-state index in [9.17, 15) is 23.1 Å². The molecule has 1 unspecified atom stereocenters. The van der Waals surface area contributed by atoms with E-state index in [1.165, 1.54) is 4.90 Å². The Hall–Kier alpha value is -2.27. The number of nitriles is 1. The van der Waals surface area contributed by atoms with Crippen molar-refractivity contribution in [3.8, 4) is 6.07 Å². The van der Waals surface area contributed by atoms with Gasteiger partial charge in [0.2, 0.25) is 0 Å². The summed E-state index contributed by atoms with van der Waals surface area (Å²) in [4.78, 5) is 13.6. The molecule has 1 fully saturated rings. The highest BCUT2D eigenvalue weighted by molar-refractivity contribution is 5.89. The molecule has 1 saturated heterocycles. The number of carbonyl (C=O) groups excluding carboxylic acids is 1. The maximum Gasteiger partial charge on any atom is 0.414 e. The Morgan fingerprint density at radius 2 is 1.92 bits per heavy atom. The minimum absolute atomic E-state index is 0.106. The first-order valence-corrected chi connectivity index (χ1v) is 7.58. The quantitative estimate of drug-likeness (QED) is 0.887. The molecule has 24 heavy (non-hydrogen) atoms. The molecule has 1 aromatic carbocycles. The minimum Gasteiger partial charge on any atom is -0.383 e. The van der Waals surface area contributed by atoms with Gasteiger partial charge in [-0.1, -0.05) is 12.1 Å². The van der Waals surface area contributed by atoms with E-state index in [-0.39, 0.29) is 38.4 Å². The van der Waals surface area contributed by atoms with Gasteiger partial charge in [0, 0.05) is 18.8 Å². The number of likely N-dealkylation sites (tertiary alicyclic amines) is 1. The number of rotatable bonds is 3. The molecule has 2 rings (SSSR count). The second-order valence-electron chi connectivity index (χ2n) is 5.77. The number of carbonyl (C=O) groups is 1. The van der Waals surface area contributed by atoms with Gasteiger partial charge in [-0.15, -0.1) is 0 Å². The third-order valence-corrected chi connectivity index (χ3v) is 4.10. The number of urea groups is 1. The van der Waals surface area contributed by atoms with Gasteiger partial charge in [-0.2, -0.15) is 18.4 Å². The zero-order chi connectivity index (χ0) is 17.7. The number of piperidine rings is 1. The molecular formula is C16H18F3N3O2. The number of amides is 2. The van der Waals surface area contributed by atoms with Crippen LogP contribution in [0.2, 0.25) is 0 Å². The SMILES string of the molecule is N#CCc1ccc(NC(=O)N2CCC(C(O)C(F)(F)F)CC2)cc1. The first-order chi connectivity index (χ1) is 11.3. The number of anilines is 1. The Bertz CT molecular complexity index is 602. The van der Waals surface area contributed by atoms with Crippen molar-refractivity contribution in [1.82, 2.24) is 4.90 Å². The summed E-state index contributed by atoms with van der Waals surface area (Å²) < 4.78 is 37.5. The number of hydrogen-bond donors (Lipinski definition) is 2. The molecule has 0 aliphatic carbocycles. The summed E-state index contributed by atoms with van der Waals surface area (Å²) in [5.41, 5.74) is 1.39. The zero-order valence-corrected chi connectivity index (χ0v) is 12.9. The van der Waals surface area contributed by atoms with Gasteiger partial charge in [-0.3, -0.25) is 0 Å². The molecule has 0 bridgehead atoms. The predicted octanol–water partition coefficient (Wildman–Crippen LogP) is 2.92. The molecule has 2 N–H and O–H groups in total. The second kappa shape index (κ2) is 7.53. The van der Waals surface area contributed by atoms with Crippen LogP contribution in [0.3, 0.4) is 0 Å². The number of benzene rings is 1. The van der Waals surface area contributed by atoms with Crippen LogP contribution in [0, 0.1) is 17.2 Å². The lowest BCUT2D eigenvalue weighted by Gasteiger charge is -2.34. The number of alkyl halides is 3. The van der Waals surface area contributed by atoms with Crippen LogP contribution in [0.5, 0.6) is 0 Å². The van der Waals surface area contributed by atoms with Gasteiger partial charge in [0.15, 0.2) is 6.10 Å². The second-order valence-corrected chi connectivity index (χ2v) is 5.77. The van der Waals surface area contributed by atoms with Gasteiger partial charge in [-0.05, 0) is 36.5 Å². The van der Waals surface area contributed by atoms with Crippen molar-refractivity contribution in [3.05, 3.63) is 29.8 Å². The summed E-state index contributed by atoms with van der Waals surface area (Å²) in [5.74, 6) is -0.876. The van der Waals surface area contributed by atoms with E-state index in [0.717, 1.165) is 5.56 Å². The standard InChI is InChI=1S/C16H18F3N3O2/c17-16(18,19)14(23)12-6-9-22(10-7-12)15(24)21-13-3-1-11(2-4-13)5-8-20/h1-4,12,14,23H,5-7,9-10H2,(H,21,24). The molecule has 8 heteroatoms. The lowest BCUT2D eigenvalue weighted by Crippen LogP contribution is -2.46. The molecule has 1 atom stereocenters. The Kier molecular flexibility index (Phi) is 5.67. The van der Waals surface area contributed by atoms with Crippen LogP contribution in [-0.2, 0) is 6.42 Å². The Labute approximate surface area is 137 Å². The highest BCUT2D eigenvalue weighted by Gasteiger charge is 2.44. The van der Waals surface area contributed by atoms with Crippen molar-refractivity contribution in [2.45, 2.75) is 31.5 Å². The number of halogens is 3. The Balaban J connectivity index is 1.86. The van der Waals surface area contributed by atoms with Crippen LogP contribution < -0.4 is 5.32 Å². The molecule has 1 aliphatic heterocycles. The summed E-state index contributed by atoms with van der Waals surface area (Å²) in [7, 11) is 0. The fraction of sp³-hybridized carbons (Fsp3) is 0.500. The van der Waals surface area contributed by atoms with Gasteiger partial charge < -0.3 is 15.3 Å². The van der Waals surface area contributed by atoms with Crippen LogP contribution in [0.4, 0.5) is 23.7 Å². The van der Waals surface area contributed by atoms with E-state index in [0.29, 0.717) is 5.69 Å². The summed E-state index contributed by atoms with van der Waals surface area (Å²) in [6, 6.07) is 8.43. The van der Waals surface area contributed by atoms with E-state index < -0.39 is 18.2 Å². The van der Waals surface area contributed by atoms with E-state index in [1.54, 1.807) is 24.3 Å². The third kappa shape index (κ3) is 4.61. The molecular weight excluding hydrogens is 323 g/mol. The molecule has 0 radical (unpaired) electrons. The van der Waals surface area contributed by atoms with Gasteiger partial charge >= 0.3 is 12.2 Å². The monoisotopic (exact) mass is 341 g/mol. The average Bonchev–Trinajstić information content (AvgIpc) is 2.55. The topological polar surface area (TPSA) is 76.4 Å². The molecule has 0 aromatic heterocycles. The highest BCUT2D eigenvalue weighted by atomic mass is 19.4. The predicted molar refractivity (Wildman–Crippen MR) is 81.1 cm³/mol. The van der Waals surface area contributed by atoms with Crippen LogP contribution in [0.25, 0.3) is 0 Å². The minimum atomic E-state index is -4.62. The van der Waals surface area contributed by atoms with Crippen LogP contribution in [0.1, 0.15) is 18.4 Å². The van der Waals surface area contributed by atoms with E-state index in [2.05, 4.69) is 5.32 Å². The Morgan fingerprint density at radius 3 is 2.42 bits per heavy atom. The van der Waals surface area contributed by atoms with E-state index >= 15 is 0 Å². The summed E-state index contributed by atoms with van der Waals surface area (Å²) in [6.07, 6.45) is -6.47.